The maximum Gasteiger partial charge on any atom is 0.309 e. The van der Waals surface area contributed by atoms with Gasteiger partial charge in [0.05, 0.1) is 4.90 Å². The Morgan fingerprint density at radius 2 is 1.71 bits per heavy atom. The summed E-state index contributed by atoms with van der Waals surface area (Å²) in [5.41, 5.74) is 0. The lowest BCUT2D eigenvalue weighted by Gasteiger charge is -2.34. The molecular weight excluding hydrogens is 378 g/mol. The van der Waals surface area contributed by atoms with Crippen LogP contribution in [0.1, 0.15) is 46.0 Å². The summed E-state index contributed by atoms with van der Waals surface area (Å²) in [5.74, 6) is -0.859. The molecule has 1 aromatic rings. The molecule has 156 valence electrons. The van der Waals surface area contributed by atoms with Gasteiger partial charge in [-0.15, -0.1) is 0 Å². The second kappa shape index (κ2) is 10.6. The number of piperidine rings is 1. The zero-order chi connectivity index (χ0) is 20.6. The van der Waals surface area contributed by atoms with Crippen LogP contribution in [0.15, 0.2) is 35.2 Å². The van der Waals surface area contributed by atoms with Crippen molar-refractivity contribution in [3.05, 3.63) is 30.3 Å². The number of nitrogens with zero attached hydrogens (tertiary/aromatic N) is 1. The molecule has 1 unspecified atom stereocenters. The number of hydrogen-bond acceptors (Lipinski definition) is 4. The third kappa shape index (κ3) is 6.31. The summed E-state index contributed by atoms with van der Waals surface area (Å²) in [6.07, 6.45) is 3.83. The van der Waals surface area contributed by atoms with Crippen molar-refractivity contribution in [1.29, 1.82) is 0 Å². The van der Waals surface area contributed by atoms with Crippen molar-refractivity contribution >= 4 is 21.8 Å². The molecule has 1 heterocycles. The Labute approximate surface area is 167 Å². The number of carbonyl (C=O) groups excluding carboxylic acids is 2. The summed E-state index contributed by atoms with van der Waals surface area (Å²) in [4.78, 5) is 24.0. The number of nitrogens with one attached hydrogen (secondary N) is 2. The van der Waals surface area contributed by atoms with Gasteiger partial charge in [-0.2, -0.15) is 4.31 Å². The van der Waals surface area contributed by atoms with E-state index in [0.717, 1.165) is 25.7 Å². The van der Waals surface area contributed by atoms with Crippen LogP contribution < -0.4 is 10.6 Å². The molecule has 0 radical (unpaired) electrons. The monoisotopic (exact) mass is 409 g/mol. The van der Waals surface area contributed by atoms with Crippen molar-refractivity contribution in [2.75, 3.05) is 19.6 Å². The van der Waals surface area contributed by atoms with E-state index in [4.69, 9.17) is 0 Å². The molecule has 1 saturated heterocycles. The van der Waals surface area contributed by atoms with Gasteiger partial charge in [-0.1, -0.05) is 38.5 Å². The van der Waals surface area contributed by atoms with Crippen LogP contribution in [0, 0.1) is 5.92 Å². The van der Waals surface area contributed by atoms with Crippen LogP contribution in [0.25, 0.3) is 0 Å². The predicted octanol–water partition coefficient (Wildman–Crippen LogP) is 1.90. The summed E-state index contributed by atoms with van der Waals surface area (Å²) in [6, 6.07) is 8.24. The van der Waals surface area contributed by atoms with Gasteiger partial charge in [-0.25, -0.2) is 8.42 Å². The first-order valence-electron chi connectivity index (χ1n) is 9.95. The largest absolute Gasteiger partial charge is 0.348 e. The van der Waals surface area contributed by atoms with E-state index in [1.807, 2.05) is 13.8 Å². The molecule has 1 aliphatic heterocycles. The average Bonchev–Trinajstić information content (AvgIpc) is 2.68. The maximum atomic E-state index is 13.0. The standard InChI is InChI=1S/C20H31N3O4S/c1-16(2)11-13-21-19(24)20(25)22-14-12-17-8-6-7-15-23(17)28(26,27)18-9-4-3-5-10-18/h3-5,9-10,16-17H,6-8,11-15H2,1-2H3,(H,21,24)(H,22,25). The Morgan fingerprint density at radius 3 is 2.36 bits per heavy atom. The van der Waals surface area contributed by atoms with Crippen LogP contribution in [0.5, 0.6) is 0 Å². The summed E-state index contributed by atoms with van der Waals surface area (Å²) >= 11 is 0. The minimum absolute atomic E-state index is 0.178. The number of benzene rings is 1. The van der Waals surface area contributed by atoms with Crippen LogP contribution in [-0.4, -0.2) is 50.2 Å². The second-order valence-corrected chi connectivity index (χ2v) is 9.45. The minimum atomic E-state index is -3.56. The molecule has 1 atom stereocenters. The molecular formula is C20H31N3O4S. The summed E-state index contributed by atoms with van der Waals surface area (Å²) in [7, 11) is -3.56. The molecule has 0 saturated carbocycles. The third-order valence-electron chi connectivity index (χ3n) is 4.90. The number of carbonyl (C=O) groups is 2. The van der Waals surface area contributed by atoms with E-state index < -0.39 is 21.8 Å². The van der Waals surface area contributed by atoms with Crippen molar-refractivity contribution in [2.45, 2.75) is 56.9 Å². The Morgan fingerprint density at radius 1 is 1.07 bits per heavy atom. The lowest BCUT2D eigenvalue weighted by molar-refractivity contribution is -0.139. The molecule has 8 heteroatoms. The van der Waals surface area contributed by atoms with Crippen molar-refractivity contribution in [1.82, 2.24) is 14.9 Å². The van der Waals surface area contributed by atoms with Crippen molar-refractivity contribution in [3.63, 3.8) is 0 Å². The van der Waals surface area contributed by atoms with Crippen LogP contribution >= 0.6 is 0 Å². The molecule has 1 aromatic carbocycles. The fourth-order valence-corrected chi connectivity index (χ4v) is 5.04. The van der Waals surface area contributed by atoms with Crippen LogP contribution in [0.3, 0.4) is 0 Å². The van der Waals surface area contributed by atoms with E-state index in [0.29, 0.717) is 25.4 Å². The SMILES string of the molecule is CC(C)CCNC(=O)C(=O)NCCC1CCCCN1S(=O)(=O)c1ccccc1. The molecule has 0 spiro atoms. The Hall–Kier alpha value is -1.93. The second-order valence-electron chi connectivity index (χ2n) is 7.56. The first kappa shape index (κ1) is 22.4. The Kier molecular flexibility index (Phi) is 8.44. The molecule has 1 aliphatic rings. The highest BCUT2D eigenvalue weighted by Crippen LogP contribution is 2.26. The number of hydrogen-bond donors (Lipinski definition) is 2. The lowest BCUT2D eigenvalue weighted by Crippen LogP contribution is -2.46. The van der Waals surface area contributed by atoms with E-state index in [-0.39, 0.29) is 17.5 Å². The lowest BCUT2D eigenvalue weighted by atomic mass is 10.0. The molecule has 2 amide bonds. The highest BCUT2D eigenvalue weighted by Gasteiger charge is 2.33. The molecule has 1 fully saturated rings. The van der Waals surface area contributed by atoms with Gasteiger partial charge in [0.15, 0.2) is 0 Å². The fourth-order valence-electron chi connectivity index (χ4n) is 3.29. The van der Waals surface area contributed by atoms with E-state index in [2.05, 4.69) is 10.6 Å². The van der Waals surface area contributed by atoms with E-state index >= 15 is 0 Å². The Balaban J connectivity index is 1.88. The van der Waals surface area contributed by atoms with Gasteiger partial charge in [-0.05, 0) is 43.7 Å². The van der Waals surface area contributed by atoms with Gasteiger partial charge in [0.25, 0.3) is 0 Å². The van der Waals surface area contributed by atoms with Gasteiger partial charge < -0.3 is 10.6 Å². The first-order chi connectivity index (χ1) is 13.3. The summed E-state index contributed by atoms with van der Waals surface area (Å²) in [5, 5.41) is 5.21. The number of sulfonamides is 1. The number of amides is 2. The van der Waals surface area contributed by atoms with Gasteiger partial charge in [0.1, 0.15) is 0 Å². The minimum Gasteiger partial charge on any atom is -0.348 e. The van der Waals surface area contributed by atoms with Crippen LogP contribution in [0.2, 0.25) is 0 Å². The fraction of sp³-hybridized carbons (Fsp3) is 0.600. The van der Waals surface area contributed by atoms with Crippen LogP contribution in [0.4, 0.5) is 0 Å². The normalized spacial score (nSPS) is 18.0. The zero-order valence-electron chi connectivity index (χ0n) is 16.7. The van der Waals surface area contributed by atoms with Crippen molar-refractivity contribution < 1.29 is 18.0 Å². The Bertz CT molecular complexity index is 750. The molecule has 7 nitrogen and oxygen atoms in total. The van der Waals surface area contributed by atoms with Crippen molar-refractivity contribution in [2.24, 2.45) is 5.92 Å². The van der Waals surface area contributed by atoms with Gasteiger partial charge in [-0.3, -0.25) is 9.59 Å². The zero-order valence-corrected chi connectivity index (χ0v) is 17.5. The molecule has 2 N–H and O–H groups in total. The maximum absolute atomic E-state index is 13.0. The molecule has 28 heavy (non-hydrogen) atoms. The van der Waals surface area contributed by atoms with Gasteiger partial charge in [0.2, 0.25) is 10.0 Å². The third-order valence-corrected chi connectivity index (χ3v) is 6.87. The quantitative estimate of drug-likeness (QED) is 0.641. The average molecular weight is 410 g/mol. The molecule has 2 rings (SSSR count). The van der Waals surface area contributed by atoms with Gasteiger partial charge >= 0.3 is 11.8 Å². The predicted molar refractivity (Wildman–Crippen MR) is 108 cm³/mol. The highest BCUT2D eigenvalue weighted by molar-refractivity contribution is 7.89. The van der Waals surface area contributed by atoms with E-state index in [9.17, 15) is 18.0 Å². The highest BCUT2D eigenvalue weighted by atomic mass is 32.2. The first-order valence-corrected chi connectivity index (χ1v) is 11.4. The molecule has 0 aromatic heterocycles. The summed E-state index contributed by atoms with van der Waals surface area (Å²) in [6.45, 7) is 5.31. The molecule has 0 bridgehead atoms. The van der Waals surface area contributed by atoms with Crippen LogP contribution in [-0.2, 0) is 19.6 Å². The topological polar surface area (TPSA) is 95.6 Å². The summed E-state index contributed by atoms with van der Waals surface area (Å²) < 4.78 is 27.4. The van der Waals surface area contributed by atoms with E-state index in [1.165, 1.54) is 0 Å². The van der Waals surface area contributed by atoms with E-state index in [1.54, 1.807) is 34.6 Å². The van der Waals surface area contributed by atoms with Gasteiger partial charge in [0, 0.05) is 25.7 Å². The van der Waals surface area contributed by atoms with Crippen molar-refractivity contribution in [3.8, 4) is 0 Å². The number of rotatable bonds is 8. The molecule has 0 aliphatic carbocycles. The smallest absolute Gasteiger partial charge is 0.309 e.